The maximum absolute atomic E-state index is 11.5. The minimum Gasteiger partial charge on any atom is -0.491 e. The lowest BCUT2D eigenvalue weighted by Crippen LogP contribution is -2.28. The Morgan fingerprint density at radius 3 is 2.84 bits per heavy atom. The zero-order chi connectivity index (χ0) is 18.1. The zero-order valence-electron chi connectivity index (χ0n) is 14.2. The van der Waals surface area contributed by atoms with Crippen LogP contribution >= 0.6 is 0 Å². The van der Waals surface area contributed by atoms with Crippen molar-refractivity contribution in [3.8, 4) is 18.1 Å². The quantitative estimate of drug-likeness (QED) is 0.578. The highest BCUT2D eigenvalue weighted by Gasteiger charge is 2.20. The number of aryl methyl sites for hydroxylation is 1. The molecule has 1 aromatic carbocycles. The summed E-state index contributed by atoms with van der Waals surface area (Å²) in [7, 11) is 0. The molecule has 1 aliphatic carbocycles. The molecule has 0 bridgehead atoms. The number of imidazole rings is 1. The Morgan fingerprint density at radius 2 is 2.32 bits per heavy atom. The molecule has 0 radical (unpaired) electrons. The maximum atomic E-state index is 11.5. The van der Waals surface area contributed by atoms with Gasteiger partial charge < -0.3 is 20.4 Å². The molecular weight excluding hydrogens is 316 g/mol. The summed E-state index contributed by atoms with van der Waals surface area (Å²) in [4.78, 5) is 18.1. The van der Waals surface area contributed by atoms with Crippen LogP contribution in [0, 0.1) is 30.6 Å². The van der Waals surface area contributed by atoms with E-state index in [9.17, 15) is 4.79 Å². The third kappa shape index (κ3) is 5.50. The monoisotopic (exact) mass is 338 g/mol. The van der Waals surface area contributed by atoms with Crippen molar-refractivity contribution < 1.29 is 9.53 Å². The van der Waals surface area contributed by atoms with Crippen LogP contribution in [0.2, 0.25) is 0 Å². The minimum atomic E-state index is -0.180. The molecule has 1 fully saturated rings. The smallest absolute Gasteiger partial charge is 0.269 e. The van der Waals surface area contributed by atoms with Crippen LogP contribution < -0.4 is 10.1 Å². The number of H-pyrrole nitrogens is 1. The molecule has 1 aliphatic rings. The molecule has 25 heavy (non-hydrogen) atoms. The van der Waals surface area contributed by atoms with Gasteiger partial charge in [0.2, 0.25) is 0 Å². The molecule has 0 aliphatic heterocycles. The number of para-hydroxylation sites is 1. The number of carbonyl (C=O) groups excluding carboxylic acids is 1. The number of hydrogen-bond acceptors (Lipinski definition) is 4. The van der Waals surface area contributed by atoms with E-state index in [-0.39, 0.29) is 11.8 Å². The number of aromatic amines is 1. The number of ether oxygens (including phenoxy) is 1. The predicted octanol–water partition coefficient (Wildman–Crippen LogP) is 2.58. The fourth-order valence-electron chi connectivity index (χ4n) is 2.14. The highest BCUT2D eigenvalue weighted by molar-refractivity contribution is 5.92. The Bertz CT molecular complexity index is 747. The number of carbonyl (C=O) groups is 1. The second kappa shape index (κ2) is 9.28. The predicted molar refractivity (Wildman–Crippen MR) is 96.9 cm³/mol. The molecule has 130 valence electrons. The normalized spacial score (nSPS) is 15.2. The molecule has 1 heterocycles. The summed E-state index contributed by atoms with van der Waals surface area (Å²) in [6, 6.07) is 7.78. The van der Waals surface area contributed by atoms with Crippen LogP contribution in [0.1, 0.15) is 28.9 Å². The van der Waals surface area contributed by atoms with Gasteiger partial charge in [0.25, 0.3) is 5.91 Å². The number of hydrogen-bond donors (Lipinski definition) is 3. The van der Waals surface area contributed by atoms with Crippen LogP contribution in [0.5, 0.6) is 5.75 Å². The number of amides is 1. The molecule has 0 saturated heterocycles. The van der Waals surface area contributed by atoms with E-state index < -0.39 is 0 Å². The Morgan fingerprint density at radius 1 is 1.52 bits per heavy atom. The molecule has 3 rings (SSSR count). The average molecular weight is 338 g/mol. The molecule has 3 N–H and O–H groups in total. The SMILES string of the molecule is C#CC1CCC1=N.Cc1ccccc1OCCNC(=O)c1cnc[nH]1. The van der Waals surface area contributed by atoms with E-state index >= 15 is 0 Å². The van der Waals surface area contributed by atoms with E-state index in [0.29, 0.717) is 18.8 Å². The molecule has 1 saturated carbocycles. The van der Waals surface area contributed by atoms with E-state index in [1.807, 2.05) is 31.2 Å². The first-order valence-corrected chi connectivity index (χ1v) is 8.10. The topological polar surface area (TPSA) is 90.9 Å². The van der Waals surface area contributed by atoms with Crippen molar-refractivity contribution in [1.29, 1.82) is 5.41 Å². The Hall–Kier alpha value is -3.07. The maximum Gasteiger partial charge on any atom is 0.269 e. The van der Waals surface area contributed by atoms with E-state index in [4.69, 9.17) is 16.6 Å². The lowest BCUT2D eigenvalue weighted by atomic mass is 9.84. The summed E-state index contributed by atoms with van der Waals surface area (Å²) in [6.45, 7) is 2.87. The van der Waals surface area contributed by atoms with Crippen molar-refractivity contribution in [2.24, 2.45) is 5.92 Å². The fraction of sp³-hybridized carbons (Fsp3) is 0.316. The molecule has 2 aromatic rings. The largest absolute Gasteiger partial charge is 0.491 e. The molecule has 0 spiro atoms. The van der Waals surface area contributed by atoms with Gasteiger partial charge in [-0.1, -0.05) is 24.1 Å². The van der Waals surface area contributed by atoms with E-state index in [2.05, 4.69) is 21.2 Å². The van der Waals surface area contributed by atoms with Crippen molar-refractivity contribution in [1.82, 2.24) is 15.3 Å². The van der Waals surface area contributed by atoms with Gasteiger partial charge in [-0.2, -0.15) is 0 Å². The first-order chi connectivity index (χ1) is 12.1. The number of nitrogens with one attached hydrogen (secondary N) is 3. The van der Waals surface area contributed by atoms with Gasteiger partial charge in [0.15, 0.2) is 0 Å². The van der Waals surface area contributed by atoms with E-state index in [1.165, 1.54) is 12.5 Å². The summed E-state index contributed by atoms with van der Waals surface area (Å²) in [5, 5.41) is 9.78. The second-order valence-corrected chi connectivity index (χ2v) is 5.62. The van der Waals surface area contributed by atoms with Gasteiger partial charge in [0.05, 0.1) is 25.0 Å². The van der Waals surface area contributed by atoms with Gasteiger partial charge in [-0.3, -0.25) is 4.79 Å². The van der Waals surface area contributed by atoms with Gasteiger partial charge in [-0.15, -0.1) is 6.42 Å². The van der Waals surface area contributed by atoms with Crippen LogP contribution in [0.15, 0.2) is 36.8 Å². The molecular formula is C19H22N4O2. The van der Waals surface area contributed by atoms with Crippen molar-refractivity contribution in [3.05, 3.63) is 48.0 Å². The molecule has 6 heteroatoms. The van der Waals surface area contributed by atoms with Gasteiger partial charge in [0, 0.05) is 5.71 Å². The van der Waals surface area contributed by atoms with E-state index in [1.54, 1.807) is 0 Å². The number of benzene rings is 1. The van der Waals surface area contributed by atoms with Crippen molar-refractivity contribution >= 4 is 11.6 Å². The van der Waals surface area contributed by atoms with Gasteiger partial charge in [-0.05, 0) is 31.4 Å². The van der Waals surface area contributed by atoms with Crippen molar-refractivity contribution in [2.75, 3.05) is 13.2 Å². The lowest BCUT2D eigenvalue weighted by Gasteiger charge is -2.20. The second-order valence-electron chi connectivity index (χ2n) is 5.62. The summed E-state index contributed by atoms with van der Waals surface area (Å²) >= 11 is 0. The van der Waals surface area contributed by atoms with Gasteiger partial charge in [-0.25, -0.2) is 4.98 Å². The summed E-state index contributed by atoms with van der Waals surface area (Å²) in [5.74, 6) is 3.38. The third-order valence-electron chi connectivity index (χ3n) is 3.81. The first-order valence-electron chi connectivity index (χ1n) is 8.10. The average Bonchev–Trinajstić information content (AvgIpc) is 3.14. The summed E-state index contributed by atoms with van der Waals surface area (Å²) in [6.07, 6.45) is 9.95. The van der Waals surface area contributed by atoms with Crippen LogP contribution in [0.25, 0.3) is 0 Å². The fourth-order valence-corrected chi connectivity index (χ4v) is 2.14. The number of aromatic nitrogens is 2. The molecule has 1 amide bonds. The zero-order valence-corrected chi connectivity index (χ0v) is 14.2. The number of rotatable bonds is 5. The molecule has 1 unspecified atom stereocenters. The Balaban J connectivity index is 0.000000269. The van der Waals surface area contributed by atoms with Crippen LogP contribution in [0.4, 0.5) is 0 Å². The van der Waals surface area contributed by atoms with Gasteiger partial charge in [0.1, 0.15) is 18.1 Å². The van der Waals surface area contributed by atoms with Gasteiger partial charge >= 0.3 is 0 Å². The Labute approximate surface area is 147 Å². The first kappa shape index (κ1) is 18.3. The molecule has 1 aromatic heterocycles. The third-order valence-corrected chi connectivity index (χ3v) is 3.81. The highest BCUT2D eigenvalue weighted by Crippen LogP contribution is 2.20. The standard InChI is InChI=1S/C13H15N3O2.C6H7N/c1-10-4-2-3-5-12(10)18-7-6-15-13(17)11-8-14-9-16-11;1-2-5-3-4-6(5)7/h2-5,8-9H,6-7H2,1H3,(H,14,16)(H,15,17);1,5,7H,3-4H2. The lowest BCUT2D eigenvalue weighted by molar-refractivity contribution is 0.0942. The Kier molecular flexibility index (Phi) is 6.78. The van der Waals surface area contributed by atoms with Crippen molar-refractivity contribution in [2.45, 2.75) is 19.8 Å². The van der Waals surface area contributed by atoms with Crippen LogP contribution in [-0.2, 0) is 0 Å². The van der Waals surface area contributed by atoms with Crippen LogP contribution in [-0.4, -0.2) is 34.7 Å². The van der Waals surface area contributed by atoms with Crippen molar-refractivity contribution in [3.63, 3.8) is 0 Å². The summed E-state index contributed by atoms with van der Waals surface area (Å²) < 4.78 is 5.56. The minimum absolute atomic E-state index is 0.180. The number of nitrogens with zero attached hydrogens (tertiary/aromatic N) is 1. The van der Waals surface area contributed by atoms with E-state index in [0.717, 1.165) is 29.9 Å². The van der Waals surface area contributed by atoms with Crippen LogP contribution in [0.3, 0.4) is 0 Å². The summed E-state index contributed by atoms with van der Waals surface area (Å²) in [5.41, 5.74) is 2.27. The molecule has 6 nitrogen and oxygen atoms in total. The number of terminal acetylenes is 1. The highest BCUT2D eigenvalue weighted by atomic mass is 16.5. The molecule has 1 atom stereocenters.